The Hall–Kier alpha value is -4.10. The molecule has 2 heterocycles. The topological polar surface area (TPSA) is 80.6 Å². The summed E-state index contributed by atoms with van der Waals surface area (Å²) in [7, 11) is 1.57. The number of carbonyl (C=O) groups is 3. The molecule has 2 amide bonds. The lowest BCUT2D eigenvalue weighted by atomic mass is 10.1. The fourth-order valence-corrected chi connectivity index (χ4v) is 4.62. The van der Waals surface area contributed by atoms with Gasteiger partial charge in [-0.05, 0) is 67.1 Å². The van der Waals surface area contributed by atoms with Crippen LogP contribution in [0.25, 0.3) is 10.9 Å². The van der Waals surface area contributed by atoms with Crippen LogP contribution in [0, 0.1) is 6.92 Å². The third kappa shape index (κ3) is 4.04. The number of benzene rings is 3. The second-order valence-electron chi connectivity index (χ2n) is 8.32. The van der Waals surface area contributed by atoms with E-state index in [0.29, 0.717) is 44.5 Å². The lowest BCUT2D eigenvalue weighted by Gasteiger charge is -2.29. The van der Waals surface area contributed by atoms with Crippen molar-refractivity contribution in [2.45, 2.75) is 13.3 Å². The number of nitrogens with zero attached hydrogens (tertiary/aromatic N) is 2. The largest absolute Gasteiger partial charge is 0.497 e. The third-order valence-electron chi connectivity index (χ3n) is 6.24. The number of hydrogen-bond acceptors (Lipinski definition) is 4. The Bertz CT molecular complexity index is 1490. The SMILES string of the molecule is COc1ccc2c(c1)c(CC(=O)N1CC(=O)Nc3ccccc31)c(C)n2C(=O)c1ccc(Cl)cc1. The number of methoxy groups -OCH3 is 1. The fraction of sp³-hybridized carbons (Fsp3) is 0.148. The Balaban J connectivity index is 1.59. The molecule has 1 aliphatic rings. The standard InChI is InChI=1S/C27H22ClN3O4/c1-16-20(14-26(33)30-15-25(32)29-22-5-3-4-6-24(22)30)21-13-19(35-2)11-12-23(21)31(16)27(34)17-7-9-18(28)10-8-17/h3-13H,14-15H2,1-2H3,(H,29,32). The predicted octanol–water partition coefficient (Wildman–Crippen LogP) is 4.83. The Labute approximate surface area is 206 Å². The van der Waals surface area contributed by atoms with Gasteiger partial charge < -0.3 is 15.0 Å². The first-order valence-electron chi connectivity index (χ1n) is 11.0. The molecule has 8 heteroatoms. The van der Waals surface area contributed by atoms with Crippen molar-refractivity contribution >= 4 is 51.6 Å². The van der Waals surface area contributed by atoms with Gasteiger partial charge in [0.15, 0.2) is 0 Å². The summed E-state index contributed by atoms with van der Waals surface area (Å²) in [6.45, 7) is 1.75. The van der Waals surface area contributed by atoms with Crippen LogP contribution >= 0.6 is 11.6 Å². The number of carbonyl (C=O) groups excluding carboxylic acids is 3. The molecular formula is C27H22ClN3O4. The van der Waals surface area contributed by atoms with Crippen LogP contribution in [0.15, 0.2) is 66.7 Å². The molecule has 5 rings (SSSR count). The van der Waals surface area contributed by atoms with Crippen molar-refractivity contribution in [1.82, 2.24) is 4.57 Å². The number of fused-ring (bicyclic) bond motifs is 2. The van der Waals surface area contributed by atoms with Gasteiger partial charge in [0.05, 0.1) is 30.4 Å². The average molecular weight is 488 g/mol. The van der Waals surface area contributed by atoms with E-state index in [0.717, 1.165) is 5.39 Å². The van der Waals surface area contributed by atoms with Gasteiger partial charge in [-0.2, -0.15) is 0 Å². The van der Waals surface area contributed by atoms with Crippen molar-refractivity contribution in [2.24, 2.45) is 0 Å². The fourth-order valence-electron chi connectivity index (χ4n) is 4.50. The maximum atomic E-state index is 13.5. The second kappa shape index (κ2) is 8.92. The van der Waals surface area contributed by atoms with Crippen LogP contribution in [-0.4, -0.2) is 35.9 Å². The maximum Gasteiger partial charge on any atom is 0.262 e. The average Bonchev–Trinajstić information content (AvgIpc) is 3.13. The molecule has 0 unspecified atom stereocenters. The van der Waals surface area contributed by atoms with Crippen molar-refractivity contribution in [3.8, 4) is 5.75 Å². The van der Waals surface area contributed by atoms with E-state index in [1.165, 1.54) is 4.90 Å². The quantitative estimate of drug-likeness (QED) is 0.447. The molecule has 0 fully saturated rings. The summed E-state index contributed by atoms with van der Waals surface area (Å²) >= 11 is 6.00. The van der Waals surface area contributed by atoms with Gasteiger partial charge >= 0.3 is 0 Å². The van der Waals surface area contributed by atoms with Crippen LogP contribution in [0.4, 0.5) is 11.4 Å². The monoisotopic (exact) mass is 487 g/mol. The number of hydrogen-bond donors (Lipinski definition) is 1. The number of nitrogens with one attached hydrogen (secondary N) is 1. The lowest BCUT2D eigenvalue weighted by Crippen LogP contribution is -2.42. The molecular weight excluding hydrogens is 466 g/mol. The van der Waals surface area contributed by atoms with E-state index in [4.69, 9.17) is 16.3 Å². The van der Waals surface area contributed by atoms with Crippen LogP contribution in [0.5, 0.6) is 5.75 Å². The zero-order valence-electron chi connectivity index (χ0n) is 19.2. The molecule has 0 radical (unpaired) electrons. The summed E-state index contributed by atoms with van der Waals surface area (Å²) in [6.07, 6.45) is 0.0119. The number of halogens is 1. The number of para-hydroxylation sites is 2. The zero-order valence-corrected chi connectivity index (χ0v) is 19.9. The highest BCUT2D eigenvalue weighted by atomic mass is 35.5. The van der Waals surface area contributed by atoms with Gasteiger partial charge in [-0.15, -0.1) is 0 Å². The van der Waals surface area contributed by atoms with Gasteiger partial charge in [0.25, 0.3) is 5.91 Å². The first-order chi connectivity index (χ1) is 16.9. The van der Waals surface area contributed by atoms with Crippen molar-refractivity contribution in [3.05, 3.63) is 88.6 Å². The molecule has 0 bridgehead atoms. The Morgan fingerprint density at radius 2 is 1.80 bits per heavy atom. The first kappa shape index (κ1) is 22.7. The molecule has 3 aromatic carbocycles. The summed E-state index contributed by atoms with van der Waals surface area (Å²) < 4.78 is 7.02. The van der Waals surface area contributed by atoms with E-state index >= 15 is 0 Å². The Morgan fingerprint density at radius 1 is 1.06 bits per heavy atom. The number of ether oxygens (including phenoxy) is 1. The molecule has 0 spiro atoms. The zero-order chi connectivity index (χ0) is 24.7. The highest BCUT2D eigenvalue weighted by Crippen LogP contribution is 2.33. The van der Waals surface area contributed by atoms with E-state index in [2.05, 4.69) is 5.32 Å². The summed E-state index contributed by atoms with van der Waals surface area (Å²) in [4.78, 5) is 40.7. The minimum atomic E-state index is -0.254. The normalized spacial score (nSPS) is 12.9. The minimum Gasteiger partial charge on any atom is -0.497 e. The highest BCUT2D eigenvalue weighted by Gasteiger charge is 2.29. The molecule has 1 N–H and O–H groups in total. The highest BCUT2D eigenvalue weighted by molar-refractivity contribution is 6.30. The number of anilines is 2. The molecule has 176 valence electrons. The van der Waals surface area contributed by atoms with Gasteiger partial charge in [0.1, 0.15) is 12.3 Å². The smallest absolute Gasteiger partial charge is 0.262 e. The molecule has 0 atom stereocenters. The van der Waals surface area contributed by atoms with Crippen molar-refractivity contribution < 1.29 is 19.1 Å². The van der Waals surface area contributed by atoms with Crippen molar-refractivity contribution in [2.75, 3.05) is 23.9 Å². The molecule has 4 aromatic rings. The summed E-state index contributed by atoms with van der Waals surface area (Å²) in [5.41, 5.74) is 3.74. The Kier molecular flexibility index (Phi) is 5.78. The van der Waals surface area contributed by atoms with Gasteiger partial charge in [-0.25, -0.2) is 0 Å². The van der Waals surface area contributed by atoms with E-state index in [9.17, 15) is 14.4 Å². The summed E-state index contributed by atoms with van der Waals surface area (Å²) in [5, 5.41) is 4.08. The molecule has 1 aromatic heterocycles. The van der Waals surface area contributed by atoms with Crippen LogP contribution in [0.3, 0.4) is 0 Å². The molecule has 0 saturated heterocycles. The van der Waals surface area contributed by atoms with Gasteiger partial charge in [0, 0.05) is 21.7 Å². The third-order valence-corrected chi connectivity index (χ3v) is 6.49. The van der Waals surface area contributed by atoms with Crippen LogP contribution in [0.1, 0.15) is 21.6 Å². The van der Waals surface area contributed by atoms with Crippen LogP contribution < -0.4 is 15.0 Å². The van der Waals surface area contributed by atoms with Crippen molar-refractivity contribution in [3.63, 3.8) is 0 Å². The number of aromatic nitrogens is 1. The predicted molar refractivity (Wildman–Crippen MR) is 136 cm³/mol. The molecule has 1 aliphatic heterocycles. The number of amides is 2. The second-order valence-corrected chi connectivity index (χ2v) is 8.75. The van der Waals surface area contributed by atoms with Crippen LogP contribution in [-0.2, 0) is 16.0 Å². The molecule has 0 aliphatic carbocycles. The van der Waals surface area contributed by atoms with E-state index < -0.39 is 0 Å². The molecule has 35 heavy (non-hydrogen) atoms. The Morgan fingerprint density at radius 3 is 2.54 bits per heavy atom. The first-order valence-corrected chi connectivity index (χ1v) is 11.4. The van der Waals surface area contributed by atoms with Gasteiger partial charge in [0.2, 0.25) is 11.8 Å². The molecule has 0 saturated carbocycles. The lowest BCUT2D eigenvalue weighted by molar-refractivity contribution is -0.121. The number of rotatable bonds is 4. The minimum absolute atomic E-state index is 0.0119. The van der Waals surface area contributed by atoms with Crippen LogP contribution in [0.2, 0.25) is 5.02 Å². The maximum absolute atomic E-state index is 13.5. The molecule has 7 nitrogen and oxygen atoms in total. The van der Waals surface area contributed by atoms with Gasteiger partial charge in [-0.1, -0.05) is 23.7 Å². The summed E-state index contributed by atoms with van der Waals surface area (Å²) in [6, 6.07) is 19.3. The summed E-state index contributed by atoms with van der Waals surface area (Å²) in [5.74, 6) is -0.104. The van der Waals surface area contributed by atoms with Crippen molar-refractivity contribution in [1.29, 1.82) is 0 Å². The van der Waals surface area contributed by atoms with E-state index in [-0.39, 0.29) is 30.7 Å². The van der Waals surface area contributed by atoms with E-state index in [1.54, 1.807) is 60.2 Å². The van der Waals surface area contributed by atoms with E-state index in [1.807, 2.05) is 25.1 Å². The van der Waals surface area contributed by atoms with Gasteiger partial charge in [-0.3, -0.25) is 19.0 Å².